The first kappa shape index (κ1) is 114. The Labute approximate surface area is 800 Å². The van der Waals surface area contributed by atoms with Gasteiger partial charge in [-0.1, -0.05) is 183 Å². The van der Waals surface area contributed by atoms with Crippen LogP contribution in [0.25, 0.3) is 0 Å². The van der Waals surface area contributed by atoms with Gasteiger partial charge in [-0.15, -0.1) is 0 Å². The minimum Gasteiger partial charge on any atom is -0.383 e. The van der Waals surface area contributed by atoms with Crippen LogP contribution in [0.15, 0.2) is 24.5 Å². The summed E-state index contributed by atoms with van der Waals surface area (Å²) in [5, 5.41) is 0. The Bertz CT molecular complexity index is 3180. The fourth-order valence-electron chi connectivity index (χ4n) is 25.1. The number of morpholine rings is 1. The highest BCUT2D eigenvalue weighted by Gasteiger charge is 2.41. The zero-order chi connectivity index (χ0) is 95.0. The molecule has 10 aliphatic heterocycles. The molecule has 17 nitrogen and oxygen atoms in total. The second-order valence-corrected chi connectivity index (χ2v) is 47.6. The van der Waals surface area contributed by atoms with E-state index in [2.05, 4.69) is 190 Å². The number of hydrogen-bond acceptors (Lipinski definition) is 14. The molecule has 4 aliphatic carbocycles. The van der Waals surface area contributed by atoms with E-state index in [1.807, 2.05) is 12.1 Å². The van der Waals surface area contributed by atoms with E-state index in [1.165, 1.54) is 206 Å². The van der Waals surface area contributed by atoms with Gasteiger partial charge in [0, 0.05) is 117 Å². The number of piperidine rings is 8. The highest BCUT2D eigenvalue weighted by molar-refractivity contribution is 5.95. The lowest BCUT2D eigenvalue weighted by atomic mass is 9.74. The molecular formula is C113H207N9O8. The summed E-state index contributed by atoms with van der Waals surface area (Å²) < 4.78 is 15.5. The molecule has 4 saturated carbocycles. The Hall–Kier alpha value is -3.42. The van der Waals surface area contributed by atoms with E-state index in [0.29, 0.717) is 53.4 Å². The summed E-state index contributed by atoms with van der Waals surface area (Å²) in [5.74, 6) is 17.1. The molecule has 0 radical (unpaired) electrons. The predicted octanol–water partition coefficient (Wildman–Crippen LogP) is 23.8. The van der Waals surface area contributed by atoms with E-state index in [9.17, 15) is 24.0 Å². The van der Waals surface area contributed by atoms with Crippen molar-refractivity contribution in [2.75, 3.05) is 152 Å². The molecule has 0 N–H and O–H groups in total. The van der Waals surface area contributed by atoms with Gasteiger partial charge in [0.05, 0.1) is 37.9 Å². The smallest absolute Gasteiger partial charge is 0.239 e. The zero-order valence-corrected chi connectivity index (χ0v) is 88.9. The number of Topliss-reactive ketones (excluding diaryl/α,β-unsaturated/α-hetero) is 2. The molecule has 11 heterocycles. The van der Waals surface area contributed by atoms with Gasteiger partial charge in [-0.2, -0.15) is 0 Å². The number of pyridine rings is 1. The molecule has 0 spiro atoms. The number of carbonyl (C=O) groups is 5. The highest BCUT2D eigenvalue weighted by atomic mass is 16.5. The van der Waals surface area contributed by atoms with Crippen molar-refractivity contribution in [3.05, 3.63) is 30.1 Å². The van der Waals surface area contributed by atoms with Crippen LogP contribution in [0, 0.1) is 117 Å². The molecule has 3 amide bonds. The van der Waals surface area contributed by atoms with Gasteiger partial charge in [-0.25, -0.2) is 0 Å². The first-order valence-electron chi connectivity index (χ1n) is 55.0. The molecule has 2 bridgehead atoms. The molecular weight excluding hydrogens is 1610 g/mol. The molecule has 1 aromatic heterocycles. The third-order valence-corrected chi connectivity index (χ3v) is 34.7. The zero-order valence-electron chi connectivity index (χ0n) is 88.9. The maximum Gasteiger partial charge on any atom is 0.239 e. The Morgan fingerprint density at radius 3 is 1.29 bits per heavy atom. The van der Waals surface area contributed by atoms with Crippen molar-refractivity contribution in [3.63, 3.8) is 0 Å². The largest absolute Gasteiger partial charge is 0.383 e. The first-order valence-corrected chi connectivity index (χ1v) is 55.0. The fraction of sp³-hybridized carbons (Fsp3) is 0.912. The van der Waals surface area contributed by atoms with Gasteiger partial charge in [0.15, 0.2) is 11.6 Å². The molecule has 1 aromatic rings. The standard InChI is InChI=1S/C18H34N2O2.C17H32N2O.C16H30N2O.C16H23NO.C13H25NO.C13H24O2.C10H19N.C10H20/c1-18(2,3)15-8-11-20(12-9-15)17(21)16-7-5-6-10-19(16)13-14-22-4;1-17(2,3)14-9-12-19(13-10-14)16(20)15-8-6-5-7-11-18(15)4;1-4-17-10-6-5-7-15(17)16(19)18-11-8-14(9-12-18)13(2)3;1-12(2)14-7-5-13(6-8-14)10-16(18)15-4-3-9-17-11-15;1-11(2)12-3-5-13(6-4-12)14-7-9-15-10-8-14;1-10(2)12-6-4-11(5-7-12)8-13(14)9-15-3;1-8(2)10-7-11-5-3-9(10)4-6-11;1-8(2)10-7-5-4-6-9(10)3/h15-16H,5-14H2,1-4H3;14-15H,5-13H2,1-4H3;13-15H,4-12H2,1-3H3;3-4,9,11-14H,5-8,10H2,1-2H3;11-13H,3-10H2,1-2H3;10-12H,4-9H2,1-3H3;8-10H,3-7H2,1-2H3;8-10H,4-7H2,1-3H3. The summed E-state index contributed by atoms with van der Waals surface area (Å²) in [6.45, 7) is 66.9. The van der Waals surface area contributed by atoms with Gasteiger partial charge < -0.3 is 33.8 Å². The van der Waals surface area contributed by atoms with E-state index in [4.69, 9.17) is 14.2 Å². The van der Waals surface area contributed by atoms with Crippen LogP contribution >= 0.6 is 0 Å². The van der Waals surface area contributed by atoms with E-state index in [-0.39, 0.29) is 29.7 Å². The summed E-state index contributed by atoms with van der Waals surface area (Å²) in [6, 6.07) is 4.98. The molecule has 14 aliphatic rings. The van der Waals surface area contributed by atoms with Crippen molar-refractivity contribution >= 4 is 29.3 Å². The van der Waals surface area contributed by atoms with E-state index >= 15 is 0 Å². The lowest BCUT2D eigenvalue weighted by Gasteiger charge is -2.46. The minimum atomic E-state index is 0.0927. The molecule has 17 heteroatoms. The van der Waals surface area contributed by atoms with Gasteiger partial charge in [0.1, 0.15) is 6.61 Å². The lowest BCUT2D eigenvalue weighted by molar-refractivity contribution is -0.141. The number of likely N-dealkylation sites (N-methyl/N-ethyl adjacent to an activating group) is 2. The van der Waals surface area contributed by atoms with Gasteiger partial charge >= 0.3 is 0 Å². The molecule has 15 rings (SSSR count). The minimum absolute atomic E-state index is 0.0927. The maximum absolute atomic E-state index is 12.9. The van der Waals surface area contributed by atoms with Crippen LogP contribution in [0.5, 0.6) is 0 Å². The number of ketones is 2. The summed E-state index contributed by atoms with van der Waals surface area (Å²) in [7, 11) is 5.45. The summed E-state index contributed by atoms with van der Waals surface area (Å²) in [6.07, 6.45) is 48.3. The van der Waals surface area contributed by atoms with Crippen LogP contribution in [0.1, 0.15) is 380 Å². The van der Waals surface area contributed by atoms with E-state index in [0.717, 1.165) is 250 Å². The van der Waals surface area contributed by atoms with Crippen molar-refractivity contribution in [3.8, 4) is 0 Å². The van der Waals surface area contributed by atoms with Crippen molar-refractivity contribution in [2.45, 2.75) is 394 Å². The average molecular weight is 1820 g/mol. The number of fused-ring (bicyclic) bond motifs is 3. The number of hydrogen-bond donors (Lipinski definition) is 0. The maximum atomic E-state index is 12.9. The van der Waals surface area contributed by atoms with Crippen LogP contribution in [0.4, 0.5) is 0 Å². The molecule has 10 saturated heterocycles. The van der Waals surface area contributed by atoms with Crippen LogP contribution in [0.2, 0.25) is 0 Å². The first-order chi connectivity index (χ1) is 62.0. The number of likely N-dealkylation sites (tertiary alicyclic amines) is 6. The molecule has 6 atom stereocenters. The second kappa shape index (κ2) is 59.8. The fourth-order valence-corrected chi connectivity index (χ4v) is 25.1. The normalized spacial score (nSPS) is 29.3. The van der Waals surface area contributed by atoms with Crippen molar-refractivity contribution in [1.82, 2.24) is 44.2 Å². The SMILES string of the molecule is CC(C)C1CCC(CC(=O)c2cccnc2)CC1.CC(C)C1CCC(N2CCOCC2)CC1.CC(C)C1CCCCC1C.CC(C)C1CN2CCC1CC2.CCN1CCCCC1C(=O)N1CCC(C(C)C)CC1.CN1CCCCCC1C(=O)N1CCC(C(C)(C)C)CC1.COCC(=O)CC1CCC(C(C)C)CC1.COCCN1CCCCC1C(=O)N1CCC(C(C)(C)C)CC1. The third kappa shape index (κ3) is 39.1. The Morgan fingerprint density at radius 1 is 0.438 bits per heavy atom. The number of methoxy groups -OCH3 is 2. The Kier molecular flexibility index (Phi) is 52.2. The Morgan fingerprint density at radius 2 is 0.869 bits per heavy atom. The topological polar surface area (TPSA) is 152 Å². The van der Waals surface area contributed by atoms with Crippen LogP contribution in [-0.4, -0.2) is 250 Å². The van der Waals surface area contributed by atoms with Gasteiger partial charge in [0.2, 0.25) is 17.7 Å². The van der Waals surface area contributed by atoms with Crippen molar-refractivity contribution in [2.24, 2.45) is 117 Å². The van der Waals surface area contributed by atoms with Gasteiger partial charge in [-0.05, 0) is 349 Å². The molecule has 14 fully saturated rings. The average Bonchev–Trinajstić information content (AvgIpc) is 0.929. The Balaban J connectivity index is 0.000000205. The molecule has 6 unspecified atom stereocenters. The molecule has 752 valence electrons. The van der Waals surface area contributed by atoms with Crippen molar-refractivity contribution < 1.29 is 38.2 Å². The van der Waals surface area contributed by atoms with Gasteiger partial charge in [-0.3, -0.25) is 48.6 Å². The predicted molar refractivity (Wildman–Crippen MR) is 544 cm³/mol. The lowest BCUT2D eigenvalue weighted by Crippen LogP contribution is -2.53. The third-order valence-electron chi connectivity index (χ3n) is 34.7. The van der Waals surface area contributed by atoms with Crippen LogP contribution in [-0.2, 0) is 33.4 Å². The quantitative estimate of drug-likeness (QED) is 0.107. The number of ether oxygens (including phenoxy) is 3. The van der Waals surface area contributed by atoms with E-state index in [1.54, 1.807) is 26.6 Å². The number of nitrogens with zero attached hydrogens (tertiary/aromatic N) is 9. The van der Waals surface area contributed by atoms with E-state index < -0.39 is 0 Å². The molecule has 0 aromatic carbocycles. The number of amides is 3. The number of rotatable bonds is 21. The number of carbonyl (C=O) groups excluding carboxylic acids is 5. The number of aromatic nitrogens is 1. The van der Waals surface area contributed by atoms with Crippen LogP contribution < -0.4 is 0 Å². The molecule has 130 heavy (non-hydrogen) atoms. The van der Waals surface area contributed by atoms with Gasteiger partial charge in [0.25, 0.3) is 0 Å². The summed E-state index contributed by atoms with van der Waals surface area (Å²) in [4.78, 5) is 84.6. The second-order valence-electron chi connectivity index (χ2n) is 47.6. The summed E-state index contributed by atoms with van der Waals surface area (Å²) >= 11 is 0. The summed E-state index contributed by atoms with van der Waals surface area (Å²) in [5.41, 5.74) is 1.52. The monoisotopic (exact) mass is 1820 g/mol. The van der Waals surface area contributed by atoms with Crippen molar-refractivity contribution in [1.29, 1.82) is 0 Å². The highest BCUT2D eigenvalue weighted by Crippen LogP contribution is 2.42. The van der Waals surface area contributed by atoms with Crippen LogP contribution in [0.3, 0.4) is 0 Å².